The third-order valence-electron chi connectivity index (χ3n) is 2.87. The number of thiazole rings is 1. The Kier molecular flexibility index (Phi) is 3.99. The minimum atomic E-state index is 0. The molecule has 0 amide bonds. The molecule has 0 aromatic carbocycles. The number of fused-ring (bicyclic) bond motifs is 1. The van der Waals surface area contributed by atoms with Gasteiger partial charge in [-0.25, -0.2) is 4.98 Å². The summed E-state index contributed by atoms with van der Waals surface area (Å²) in [5.41, 5.74) is 0.958. The molecule has 1 aliphatic heterocycles. The molecular weight excluding hydrogens is 270 g/mol. The smallest absolute Gasteiger partial charge is 0.183 e. The average molecular weight is 286 g/mol. The van der Waals surface area contributed by atoms with Crippen LogP contribution in [-0.2, 0) is 13.1 Å². The molecular formula is C11H16ClN5S. The summed E-state index contributed by atoms with van der Waals surface area (Å²) in [5, 5.41) is 15.0. The molecule has 18 heavy (non-hydrogen) atoms. The summed E-state index contributed by atoms with van der Waals surface area (Å²) >= 11 is 1.70. The lowest BCUT2D eigenvalue weighted by atomic mass is 10.2. The van der Waals surface area contributed by atoms with Crippen LogP contribution in [0.1, 0.15) is 30.6 Å². The minimum absolute atomic E-state index is 0. The van der Waals surface area contributed by atoms with Gasteiger partial charge in [-0.15, -0.1) is 33.9 Å². The number of aromatic nitrogens is 4. The van der Waals surface area contributed by atoms with Gasteiger partial charge in [-0.1, -0.05) is 13.8 Å². The van der Waals surface area contributed by atoms with Gasteiger partial charge in [0, 0.05) is 24.4 Å². The van der Waals surface area contributed by atoms with Crippen molar-refractivity contribution in [2.24, 2.45) is 0 Å². The summed E-state index contributed by atoms with van der Waals surface area (Å²) in [6.07, 6.45) is 0. The first kappa shape index (κ1) is 13.5. The lowest BCUT2D eigenvalue weighted by molar-refractivity contribution is 0.508. The Morgan fingerprint density at radius 2 is 2.22 bits per heavy atom. The molecule has 0 fully saturated rings. The molecule has 5 nitrogen and oxygen atoms in total. The first-order valence-electron chi connectivity index (χ1n) is 5.84. The average Bonchev–Trinajstić information content (AvgIpc) is 2.95. The van der Waals surface area contributed by atoms with E-state index in [0.29, 0.717) is 5.92 Å². The number of hydrogen-bond donors (Lipinski definition) is 1. The molecule has 98 valence electrons. The van der Waals surface area contributed by atoms with Crippen LogP contribution in [0.2, 0.25) is 0 Å². The largest absolute Gasteiger partial charge is 0.308 e. The molecule has 0 saturated heterocycles. The second kappa shape index (κ2) is 5.34. The zero-order chi connectivity index (χ0) is 11.8. The second-order valence-corrected chi connectivity index (χ2v) is 5.38. The second-order valence-electron chi connectivity index (χ2n) is 4.49. The monoisotopic (exact) mass is 285 g/mol. The Labute approximate surface area is 116 Å². The molecule has 0 radical (unpaired) electrons. The molecule has 0 atom stereocenters. The van der Waals surface area contributed by atoms with Gasteiger partial charge in [0.25, 0.3) is 0 Å². The van der Waals surface area contributed by atoms with E-state index in [2.05, 4.69) is 44.3 Å². The third kappa shape index (κ3) is 2.28. The fourth-order valence-electron chi connectivity index (χ4n) is 1.94. The quantitative estimate of drug-likeness (QED) is 0.917. The SMILES string of the molecule is CC(C)c1nc(-c2nnc3n2CCNC3)cs1.Cl. The van der Waals surface area contributed by atoms with E-state index < -0.39 is 0 Å². The predicted molar refractivity (Wildman–Crippen MR) is 74.2 cm³/mol. The molecule has 1 aliphatic rings. The zero-order valence-corrected chi connectivity index (χ0v) is 12.0. The van der Waals surface area contributed by atoms with E-state index >= 15 is 0 Å². The molecule has 0 saturated carbocycles. The Bertz CT molecular complexity index is 533. The van der Waals surface area contributed by atoms with Crippen LogP contribution in [0, 0.1) is 0 Å². The van der Waals surface area contributed by atoms with Crippen LogP contribution in [0.25, 0.3) is 11.5 Å². The molecule has 7 heteroatoms. The number of nitrogens with one attached hydrogen (secondary N) is 1. The van der Waals surface area contributed by atoms with Crippen molar-refractivity contribution in [1.82, 2.24) is 25.1 Å². The normalized spacial score (nSPS) is 14.4. The van der Waals surface area contributed by atoms with E-state index in [0.717, 1.165) is 42.0 Å². The maximum absolute atomic E-state index is 4.64. The number of hydrogen-bond acceptors (Lipinski definition) is 5. The van der Waals surface area contributed by atoms with Gasteiger partial charge < -0.3 is 9.88 Å². The number of halogens is 1. The van der Waals surface area contributed by atoms with Crippen LogP contribution >= 0.6 is 23.7 Å². The van der Waals surface area contributed by atoms with Gasteiger partial charge in [0.15, 0.2) is 5.82 Å². The number of nitrogens with zero attached hydrogens (tertiary/aromatic N) is 4. The van der Waals surface area contributed by atoms with Crippen molar-refractivity contribution in [2.75, 3.05) is 6.54 Å². The van der Waals surface area contributed by atoms with Crippen molar-refractivity contribution < 1.29 is 0 Å². The maximum Gasteiger partial charge on any atom is 0.183 e. The maximum atomic E-state index is 4.64. The van der Waals surface area contributed by atoms with E-state index in [1.54, 1.807) is 11.3 Å². The molecule has 2 aromatic heterocycles. The molecule has 3 rings (SSSR count). The highest BCUT2D eigenvalue weighted by Gasteiger charge is 2.18. The van der Waals surface area contributed by atoms with Crippen molar-refractivity contribution in [3.05, 3.63) is 16.2 Å². The first-order valence-corrected chi connectivity index (χ1v) is 6.72. The van der Waals surface area contributed by atoms with Crippen molar-refractivity contribution in [3.8, 4) is 11.5 Å². The lowest BCUT2D eigenvalue weighted by Crippen LogP contribution is -2.28. The highest BCUT2D eigenvalue weighted by atomic mass is 35.5. The topological polar surface area (TPSA) is 55.6 Å². The van der Waals surface area contributed by atoms with Gasteiger partial charge >= 0.3 is 0 Å². The highest BCUT2D eigenvalue weighted by molar-refractivity contribution is 7.10. The molecule has 1 N–H and O–H groups in total. The summed E-state index contributed by atoms with van der Waals surface area (Å²) in [5.74, 6) is 2.38. The summed E-state index contributed by atoms with van der Waals surface area (Å²) < 4.78 is 2.16. The van der Waals surface area contributed by atoms with Gasteiger partial charge in [0.2, 0.25) is 0 Å². The molecule has 0 spiro atoms. The van der Waals surface area contributed by atoms with E-state index in [1.165, 1.54) is 0 Å². The summed E-state index contributed by atoms with van der Waals surface area (Å²) in [4.78, 5) is 4.64. The molecule has 0 aliphatic carbocycles. The van der Waals surface area contributed by atoms with Crippen LogP contribution in [0.15, 0.2) is 5.38 Å². The molecule has 0 bridgehead atoms. The van der Waals surface area contributed by atoms with Crippen LogP contribution in [0.5, 0.6) is 0 Å². The van der Waals surface area contributed by atoms with Crippen molar-refractivity contribution >= 4 is 23.7 Å². The fraction of sp³-hybridized carbons (Fsp3) is 0.545. The highest BCUT2D eigenvalue weighted by Crippen LogP contribution is 2.25. The van der Waals surface area contributed by atoms with E-state index in [4.69, 9.17) is 0 Å². The summed E-state index contributed by atoms with van der Waals surface area (Å²) in [7, 11) is 0. The van der Waals surface area contributed by atoms with E-state index in [9.17, 15) is 0 Å². The van der Waals surface area contributed by atoms with E-state index in [-0.39, 0.29) is 12.4 Å². The number of rotatable bonds is 2. The van der Waals surface area contributed by atoms with Crippen molar-refractivity contribution in [3.63, 3.8) is 0 Å². The Balaban J connectivity index is 0.00000120. The Morgan fingerprint density at radius 3 is 2.94 bits per heavy atom. The minimum Gasteiger partial charge on any atom is -0.308 e. The van der Waals surface area contributed by atoms with Crippen LogP contribution < -0.4 is 5.32 Å². The molecule has 2 aromatic rings. The Morgan fingerprint density at radius 1 is 1.39 bits per heavy atom. The van der Waals surface area contributed by atoms with Crippen molar-refractivity contribution in [1.29, 1.82) is 0 Å². The van der Waals surface area contributed by atoms with Crippen LogP contribution in [0.3, 0.4) is 0 Å². The molecule has 3 heterocycles. The van der Waals surface area contributed by atoms with Gasteiger partial charge in [-0.3, -0.25) is 0 Å². The summed E-state index contributed by atoms with van der Waals surface area (Å²) in [6.45, 7) is 7.01. The third-order valence-corrected chi connectivity index (χ3v) is 4.01. The predicted octanol–water partition coefficient (Wildman–Crippen LogP) is 2.05. The van der Waals surface area contributed by atoms with Gasteiger partial charge in [-0.2, -0.15) is 0 Å². The fourth-order valence-corrected chi connectivity index (χ4v) is 2.75. The summed E-state index contributed by atoms with van der Waals surface area (Å²) in [6, 6.07) is 0. The first-order chi connectivity index (χ1) is 8.25. The molecule has 0 unspecified atom stereocenters. The standard InChI is InChI=1S/C11H15N5S.ClH/c1-7(2)11-13-8(6-17-11)10-15-14-9-5-12-3-4-16(9)10;/h6-7,12H,3-5H2,1-2H3;1H. The van der Waals surface area contributed by atoms with Gasteiger partial charge in [0.1, 0.15) is 11.5 Å². The van der Waals surface area contributed by atoms with Crippen LogP contribution in [-0.4, -0.2) is 26.3 Å². The zero-order valence-electron chi connectivity index (χ0n) is 10.4. The van der Waals surface area contributed by atoms with Crippen molar-refractivity contribution in [2.45, 2.75) is 32.9 Å². The van der Waals surface area contributed by atoms with E-state index in [1.807, 2.05) is 0 Å². The van der Waals surface area contributed by atoms with Crippen LogP contribution in [0.4, 0.5) is 0 Å². The van der Waals surface area contributed by atoms with Gasteiger partial charge in [-0.05, 0) is 0 Å². The Hall–Kier alpha value is -0.980. The van der Waals surface area contributed by atoms with Gasteiger partial charge in [0.05, 0.1) is 11.6 Å². The lowest BCUT2D eigenvalue weighted by Gasteiger charge is -2.15.